The van der Waals surface area contributed by atoms with Gasteiger partial charge in [0.15, 0.2) is 0 Å². The van der Waals surface area contributed by atoms with Crippen molar-refractivity contribution in [3.05, 3.63) is 31.9 Å². The average molecular weight is 307 g/mol. The molecule has 1 aliphatic rings. The Bertz CT molecular complexity index is 375. The maximum atomic E-state index is 6.04. The van der Waals surface area contributed by atoms with Crippen LogP contribution in [0.15, 0.2) is 17.1 Å². The predicted molar refractivity (Wildman–Crippen MR) is 71.1 cm³/mol. The third kappa shape index (κ3) is 2.84. The second kappa shape index (κ2) is 5.00. The summed E-state index contributed by atoms with van der Waals surface area (Å²) in [6, 6.07) is 2.56. The summed E-state index contributed by atoms with van der Waals surface area (Å²) in [5.41, 5.74) is 1.39. The first-order valence-corrected chi connectivity index (χ1v) is 7.00. The third-order valence-corrected chi connectivity index (χ3v) is 4.24. The molecule has 0 saturated carbocycles. The number of rotatable bonds is 3. The van der Waals surface area contributed by atoms with Crippen molar-refractivity contribution in [3.8, 4) is 0 Å². The molecule has 0 fully saturated rings. The fourth-order valence-corrected chi connectivity index (χ4v) is 3.51. The Hall–Kier alpha value is 0.170. The molecule has 0 spiro atoms. The molecule has 1 N–H and O–H groups in total. The minimum atomic E-state index is 0.451. The van der Waals surface area contributed by atoms with Crippen LogP contribution >= 0.6 is 38.9 Å². The maximum Gasteiger partial charge on any atom is 0.0934 e. The van der Waals surface area contributed by atoms with Crippen LogP contribution in [0.4, 0.5) is 0 Å². The number of nitrogens with one attached hydrogen (secondary N) is 1. The normalized spacial score (nSPS) is 20.0. The van der Waals surface area contributed by atoms with Crippen LogP contribution in [0.1, 0.15) is 29.3 Å². The fraction of sp³-hybridized carbons (Fsp3) is 0.455. The maximum absolute atomic E-state index is 6.04. The number of aryl methyl sites for hydroxylation is 1. The Labute approximate surface area is 108 Å². The van der Waals surface area contributed by atoms with Crippen molar-refractivity contribution in [2.24, 2.45) is 0 Å². The van der Waals surface area contributed by atoms with Crippen molar-refractivity contribution in [3.63, 3.8) is 0 Å². The van der Waals surface area contributed by atoms with Crippen LogP contribution in [0.3, 0.4) is 0 Å². The molecule has 15 heavy (non-hydrogen) atoms. The summed E-state index contributed by atoms with van der Waals surface area (Å²) in [6.45, 7) is 4.65. The molecule has 0 aromatic carbocycles. The Morgan fingerprint density at radius 2 is 2.53 bits per heavy atom. The summed E-state index contributed by atoms with van der Waals surface area (Å²) in [6.07, 6.45) is 3.62. The van der Waals surface area contributed by atoms with E-state index >= 15 is 0 Å². The van der Waals surface area contributed by atoms with Crippen molar-refractivity contribution in [1.29, 1.82) is 0 Å². The molecule has 0 saturated heterocycles. The van der Waals surface area contributed by atoms with Gasteiger partial charge in [0.1, 0.15) is 0 Å². The fourth-order valence-electron chi connectivity index (χ4n) is 1.97. The van der Waals surface area contributed by atoms with Gasteiger partial charge in [-0.3, -0.25) is 0 Å². The molecule has 0 radical (unpaired) electrons. The van der Waals surface area contributed by atoms with E-state index in [2.05, 4.69) is 33.9 Å². The molecule has 1 atom stereocenters. The molecule has 1 heterocycles. The van der Waals surface area contributed by atoms with Crippen LogP contribution in [0.2, 0.25) is 4.34 Å². The van der Waals surface area contributed by atoms with Gasteiger partial charge in [-0.2, -0.15) is 0 Å². The summed E-state index contributed by atoms with van der Waals surface area (Å²) < 4.78 is 1.90. The SMILES string of the molecule is C=C(Br)CNC1CCCc2sc(Cl)cc21. The van der Waals surface area contributed by atoms with Gasteiger partial charge in [0.2, 0.25) is 0 Å². The van der Waals surface area contributed by atoms with Crippen molar-refractivity contribution >= 4 is 38.9 Å². The Balaban J connectivity index is 2.11. The van der Waals surface area contributed by atoms with Gasteiger partial charge in [-0.15, -0.1) is 11.3 Å². The average Bonchev–Trinajstić information content (AvgIpc) is 2.55. The zero-order chi connectivity index (χ0) is 10.8. The first kappa shape index (κ1) is 11.6. The zero-order valence-corrected chi connectivity index (χ0v) is 11.5. The molecule has 0 bridgehead atoms. The van der Waals surface area contributed by atoms with Crippen LogP contribution in [0.25, 0.3) is 0 Å². The van der Waals surface area contributed by atoms with Crippen LogP contribution in [-0.4, -0.2) is 6.54 Å². The number of thiophene rings is 1. The minimum Gasteiger partial charge on any atom is -0.305 e. The van der Waals surface area contributed by atoms with Crippen molar-refractivity contribution in [2.75, 3.05) is 6.54 Å². The molecular weight excluding hydrogens is 294 g/mol. The van der Waals surface area contributed by atoms with Gasteiger partial charge < -0.3 is 5.32 Å². The van der Waals surface area contributed by atoms with Gasteiger partial charge in [0.05, 0.1) is 4.34 Å². The lowest BCUT2D eigenvalue weighted by Crippen LogP contribution is -2.25. The molecule has 1 nitrogen and oxygen atoms in total. The van der Waals surface area contributed by atoms with E-state index in [-0.39, 0.29) is 0 Å². The molecule has 0 amide bonds. The molecule has 82 valence electrons. The van der Waals surface area contributed by atoms with Crippen molar-refractivity contribution < 1.29 is 0 Å². The van der Waals surface area contributed by atoms with Crippen molar-refractivity contribution in [2.45, 2.75) is 25.3 Å². The van der Waals surface area contributed by atoms with Gasteiger partial charge in [-0.25, -0.2) is 0 Å². The topological polar surface area (TPSA) is 12.0 Å². The highest BCUT2D eigenvalue weighted by atomic mass is 79.9. The second-order valence-corrected chi connectivity index (χ2v) is 6.66. The first-order valence-electron chi connectivity index (χ1n) is 5.01. The first-order chi connectivity index (χ1) is 7.16. The smallest absolute Gasteiger partial charge is 0.0934 e. The van der Waals surface area contributed by atoms with E-state index in [0.29, 0.717) is 6.04 Å². The Morgan fingerprint density at radius 1 is 1.73 bits per heavy atom. The lowest BCUT2D eigenvalue weighted by Gasteiger charge is -2.23. The van der Waals surface area contributed by atoms with Gasteiger partial charge in [0, 0.05) is 21.9 Å². The Morgan fingerprint density at radius 3 is 3.27 bits per heavy atom. The van der Waals surface area contributed by atoms with E-state index in [1.165, 1.54) is 29.7 Å². The standard InChI is InChI=1S/C11H13BrClNS/c1-7(12)6-14-9-3-2-4-10-8(9)5-11(13)15-10/h5,9,14H,1-4,6H2. The zero-order valence-electron chi connectivity index (χ0n) is 8.35. The number of halogens is 2. The molecule has 1 aliphatic carbocycles. The highest BCUT2D eigenvalue weighted by molar-refractivity contribution is 9.11. The summed E-state index contributed by atoms with van der Waals surface area (Å²) in [7, 11) is 0. The third-order valence-electron chi connectivity index (χ3n) is 2.62. The van der Waals surface area contributed by atoms with Crippen molar-refractivity contribution in [1.82, 2.24) is 5.32 Å². The molecular formula is C11H13BrClNS. The van der Waals surface area contributed by atoms with Gasteiger partial charge in [-0.05, 0) is 30.9 Å². The summed E-state index contributed by atoms with van der Waals surface area (Å²) >= 11 is 11.1. The largest absolute Gasteiger partial charge is 0.305 e. The molecule has 0 aliphatic heterocycles. The van der Waals surface area contributed by atoms with E-state index in [1.54, 1.807) is 11.3 Å². The predicted octanol–water partition coefficient (Wildman–Crippen LogP) is 4.28. The van der Waals surface area contributed by atoms with Gasteiger partial charge >= 0.3 is 0 Å². The minimum absolute atomic E-state index is 0.451. The highest BCUT2D eigenvalue weighted by Gasteiger charge is 2.22. The number of hydrogen-bond acceptors (Lipinski definition) is 2. The molecule has 1 aromatic rings. The van der Waals surface area contributed by atoms with E-state index in [4.69, 9.17) is 11.6 Å². The van der Waals surface area contributed by atoms with E-state index in [1.807, 2.05) is 0 Å². The highest BCUT2D eigenvalue weighted by Crippen LogP contribution is 2.37. The number of hydrogen-bond donors (Lipinski definition) is 1. The quantitative estimate of drug-likeness (QED) is 0.879. The summed E-state index contributed by atoms with van der Waals surface area (Å²) in [5.74, 6) is 0. The van der Waals surface area contributed by atoms with Crippen LogP contribution in [0.5, 0.6) is 0 Å². The molecule has 1 unspecified atom stereocenters. The van der Waals surface area contributed by atoms with Crippen LogP contribution in [0, 0.1) is 0 Å². The number of fused-ring (bicyclic) bond motifs is 1. The van der Waals surface area contributed by atoms with Crippen LogP contribution < -0.4 is 5.32 Å². The lowest BCUT2D eigenvalue weighted by atomic mass is 9.94. The van der Waals surface area contributed by atoms with Gasteiger partial charge in [0.25, 0.3) is 0 Å². The monoisotopic (exact) mass is 305 g/mol. The summed E-state index contributed by atoms with van der Waals surface area (Å²) in [5, 5.41) is 3.49. The summed E-state index contributed by atoms with van der Waals surface area (Å²) in [4.78, 5) is 1.45. The van der Waals surface area contributed by atoms with E-state index in [0.717, 1.165) is 15.4 Å². The second-order valence-electron chi connectivity index (χ2n) is 3.77. The van der Waals surface area contributed by atoms with Crippen LogP contribution in [-0.2, 0) is 6.42 Å². The molecule has 2 rings (SSSR count). The Kier molecular flexibility index (Phi) is 3.88. The lowest BCUT2D eigenvalue weighted by molar-refractivity contribution is 0.484. The van der Waals surface area contributed by atoms with E-state index < -0.39 is 0 Å². The molecule has 4 heteroatoms. The molecule has 1 aromatic heterocycles. The van der Waals surface area contributed by atoms with E-state index in [9.17, 15) is 0 Å². The van der Waals surface area contributed by atoms with Gasteiger partial charge in [-0.1, -0.05) is 34.1 Å².